The fraction of sp³-hybridized carbons (Fsp3) is 0. The van der Waals surface area contributed by atoms with Crippen LogP contribution < -0.4 is 5.56 Å². The van der Waals surface area contributed by atoms with Crippen LogP contribution in [0.1, 0.15) is 0 Å². The lowest BCUT2D eigenvalue weighted by atomic mass is 10.3. The topological polar surface area (TPSA) is 112 Å². The van der Waals surface area contributed by atoms with Crippen molar-refractivity contribution < 1.29 is 18.1 Å². The van der Waals surface area contributed by atoms with Crippen molar-refractivity contribution in [3.8, 4) is 11.6 Å². The van der Waals surface area contributed by atoms with Crippen LogP contribution in [0.5, 0.6) is 5.88 Å². The first-order chi connectivity index (χ1) is 7.88. The largest absolute Gasteiger partial charge is 0.493 e. The van der Waals surface area contributed by atoms with Crippen molar-refractivity contribution in [1.82, 2.24) is 9.78 Å². The molecule has 7 nitrogen and oxygen atoms in total. The van der Waals surface area contributed by atoms with E-state index < -0.39 is 15.7 Å². The van der Waals surface area contributed by atoms with Crippen LogP contribution in [0.4, 0.5) is 0 Å². The minimum atomic E-state index is -4.25. The molecular weight excluding hydrogens is 248 g/mol. The second kappa shape index (κ2) is 3.75. The molecule has 8 heteroatoms. The first-order valence-electron chi connectivity index (χ1n) is 4.47. The van der Waals surface area contributed by atoms with Gasteiger partial charge in [0.05, 0.1) is 16.6 Å². The third-order valence-corrected chi connectivity index (χ3v) is 2.97. The van der Waals surface area contributed by atoms with E-state index in [1.165, 1.54) is 12.1 Å². The molecule has 1 aromatic heterocycles. The highest BCUT2D eigenvalue weighted by Gasteiger charge is 2.10. The van der Waals surface area contributed by atoms with Gasteiger partial charge in [0.1, 0.15) is 0 Å². The molecule has 0 spiro atoms. The molecule has 0 radical (unpaired) electrons. The van der Waals surface area contributed by atoms with Crippen LogP contribution in [0.3, 0.4) is 0 Å². The minimum Gasteiger partial charge on any atom is -0.493 e. The summed E-state index contributed by atoms with van der Waals surface area (Å²) in [6.45, 7) is 0. The smallest absolute Gasteiger partial charge is 0.294 e. The molecule has 0 saturated carbocycles. The van der Waals surface area contributed by atoms with E-state index in [-0.39, 0.29) is 10.8 Å². The number of aromatic hydroxyl groups is 1. The Morgan fingerprint density at radius 1 is 1.18 bits per heavy atom. The van der Waals surface area contributed by atoms with Crippen molar-refractivity contribution in [1.29, 1.82) is 0 Å². The highest BCUT2D eigenvalue weighted by molar-refractivity contribution is 7.85. The van der Waals surface area contributed by atoms with E-state index in [4.69, 9.17) is 4.55 Å². The lowest BCUT2D eigenvalue weighted by molar-refractivity contribution is 0.433. The van der Waals surface area contributed by atoms with Gasteiger partial charge in [-0.1, -0.05) is 0 Å². The minimum absolute atomic E-state index is 0.268. The number of hydrogen-bond donors (Lipinski definition) is 3. The lowest BCUT2D eigenvalue weighted by Gasteiger charge is -2.04. The van der Waals surface area contributed by atoms with Gasteiger partial charge in [0.2, 0.25) is 5.88 Å². The summed E-state index contributed by atoms with van der Waals surface area (Å²) in [5.74, 6) is -0.297. The van der Waals surface area contributed by atoms with E-state index in [1.807, 2.05) is 0 Å². The zero-order valence-corrected chi connectivity index (χ0v) is 9.18. The Morgan fingerprint density at radius 3 is 2.18 bits per heavy atom. The standard InChI is InChI=1S/C9H8N2O5S/c12-8-5-9(13)11(10-8)6-1-3-7(4-2-6)17(14,15)16/h1-5,13H,(H,10,12)(H,14,15,16). The van der Waals surface area contributed by atoms with Crippen molar-refractivity contribution in [2.24, 2.45) is 0 Å². The molecule has 0 unspecified atom stereocenters. The third-order valence-electron chi connectivity index (χ3n) is 2.10. The molecule has 17 heavy (non-hydrogen) atoms. The second-order valence-electron chi connectivity index (χ2n) is 3.28. The van der Waals surface area contributed by atoms with Crippen LogP contribution in [-0.2, 0) is 10.1 Å². The van der Waals surface area contributed by atoms with Crippen molar-refractivity contribution in [3.63, 3.8) is 0 Å². The number of nitrogens with one attached hydrogen (secondary N) is 1. The van der Waals surface area contributed by atoms with E-state index in [0.29, 0.717) is 5.69 Å². The predicted octanol–water partition coefficient (Wildman–Crippen LogP) is 0.118. The van der Waals surface area contributed by atoms with Crippen LogP contribution in [0.15, 0.2) is 40.0 Å². The summed E-state index contributed by atoms with van der Waals surface area (Å²) >= 11 is 0. The average molecular weight is 256 g/mol. The zero-order chi connectivity index (χ0) is 12.6. The van der Waals surface area contributed by atoms with Crippen molar-refractivity contribution in [2.75, 3.05) is 0 Å². The van der Waals surface area contributed by atoms with Gasteiger partial charge in [-0.2, -0.15) is 8.42 Å². The molecule has 0 atom stereocenters. The first kappa shape index (κ1) is 11.4. The molecule has 3 N–H and O–H groups in total. The summed E-state index contributed by atoms with van der Waals surface area (Å²) in [5.41, 5.74) is -0.127. The van der Waals surface area contributed by atoms with Gasteiger partial charge in [-0.3, -0.25) is 14.4 Å². The molecular formula is C9H8N2O5S. The van der Waals surface area contributed by atoms with E-state index >= 15 is 0 Å². The summed E-state index contributed by atoms with van der Waals surface area (Å²) in [7, 11) is -4.25. The lowest BCUT2D eigenvalue weighted by Crippen LogP contribution is -2.04. The van der Waals surface area contributed by atoms with E-state index in [0.717, 1.165) is 22.9 Å². The number of benzene rings is 1. The first-order valence-corrected chi connectivity index (χ1v) is 5.91. The number of aromatic nitrogens is 2. The van der Waals surface area contributed by atoms with Gasteiger partial charge in [-0.25, -0.2) is 4.68 Å². The Kier molecular flexibility index (Phi) is 2.52. The van der Waals surface area contributed by atoms with E-state index in [9.17, 15) is 18.3 Å². The summed E-state index contributed by atoms with van der Waals surface area (Å²) in [5, 5.41) is 11.7. The molecule has 2 aromatic rings. The van der Waals surface area contributed by atoms with Gasteiger partial charge in [-0.05, 0) is 24.3 Å². The summed E-state index contributed by atoms with van der Waals surface area (Å²) in [4.78, 5) is 10.7. The number of aromatic amines is 1. The number of H-pyrrole nitrogens is 1. The highest BCUT2D eigenvalue weighted by Crippen LogP contribution is 2.16. The van der Waals surface area contributed by atoms with Crippen LogP contribution >= 0.6 is 0 Å². The van der Waals surface area contributed by atoms with Crippen molar-refractivity contribution >= 4 is 10.1 Å². The van der Waals surface area contributed by atoms with Gasteiger partial charge < -0.3 is 5.11 Å². The van der Waals surface area contributed by atoms with E-state index in [2.05, 4.69) is 5.10 Å². The maximum Gasteiger partial charge on any atom is 0.294 e. The summed E-state index contributed by atoms with van der Waals surface area (Å²) in [6.07, 6.45) is 0. The van der Waals surface area contributed by atoms with Gasteiger partial charge >= 0.3 is 0 Å². The number of nitrogens with zero attached hydrogens (tertiary/aromatic N) is 1. The number of hydrogen-bond acceptors (Lipinski definition) is 4. The summed E-state index contributed by atoms with van der Waals surface area (Å²) in [6, 6.07) is 5.96. The third kappa shape index (κ3) is 2.22. The second-order valence-corrected chi connectivity index (χ2v) is 4.70. The van der Waals surface area contributed by atoms with Gasteiger partial charge in [0, 0.05) is 0 Å². The molecule has 0 saturated heterocycles. The van der Waals surface area contributed by atoms with Crippen LogP contribution in [0.25, 0.3) is 5.69 Å². The fourth-order valence-electron chi connectivity index (χ4n) is 1.35. The molecule has 0 bridgehead atoms. The van der Waals surface area contributed by atoms with Crippen molar-refractivity contribution in [3.05, 3.63) is 40.7 Å². The molecule has 2 rings (SSSR count). The Bertz CT molecular complexity index is 696. The Balaban J connectivity index is 2.50. The molecule has 0 aliphatic rings. The maximum atomic E-state index is 10.9. The van der Waals surface area contributed by atoms with Crippen molar-refractivity contribution in [2.45, 2.75) is 4.90 Å². The van der Waals surface area contributed by atoms with Crippen LogP contribution in [-0.4, -0.2) is 27.9 Å². The average Bonchev–Trinajstić information content (AvgIpc) is 2.57. The summed E-state index contributed by atoms with van der Waals surface area (Å²) < 4.78 is 31.4. The molecule has 0 aliphatic carbocycles. The number of rotatable bonds is 2. The van der Waals surface area contributed by atoms with Gasteiger partial charge in [-0.15, -0.1) is 0 Å². The Hall–Kier alpha value is -2.06. The van der Waals surface area contributed by atoms with Gasteiger partial charge in [0.15, 0.2) is 0 Å². The molecule has 1 heterocycles. The van der Waals surface area contributed by atoms with Gasteiger partial charge in [0.25, 0.3) is 15.7 Å². The fourth-order valence-corrected chi connectivity index (χ4v) is 1.83. The molecule has 0 aliphatic heterocycles. The highest BCUT2D eigenvalue weighted by atomic mass is 32.2. The molecule has 0 amide bonds. The monoisotopic (exact) mass is 256 g/mol. The zero-order valence-electron chi connectivity index (χ0n) is 8.36. The Morgan fingerprint density at radius 2 is 1.76 bits per heavy atom. The quantitative estimate of drug-likeness (QED) is 0.660. The normalized spacial score (nSPS) is 11.6. The SMILES string of the molecule is O=c1cc(O)n(-c2ccc(S(=O)(=O)O)cc2)[nH]1. The molecule has 1 aromatic carbocycles. The van der Waals surface area contributed by atoms with E-state index in [1.54, 1.807) is 0 Å². The molecule has 0 fully saturated rings. The van der Waals surface area contributed by atoms with Crippen LogP contribution in [0, 0.1) is 0 Å². The Labute approximate surface area is 95.7 Å². The predicted molar refractivity (Wildman–Crippen MR) is 57.9 cm³/mol. The molecule has 90 valence electrons. The van der Waals surface area contributed by atoms with Crippen LogP contribution in [0.2, 0.25) is 0 Å². The maximum absolute atomic E-state index is 10.9.